The Kier molecular flexibility index (Phi) is 4.83. The minimum atomic E-state index is -0.308. The highest BCUT2D eigenvalue weighted by Crippen LogP contribution is 2.37. The number of para-hydroxylation sites is 1. The minimum absolute atomic E-state index is 0.0136. The number of carbonyl (C=O) groups is 1. The number of benzene rings is 2. The average molecular weight is 340 g/mol. The van der Waals surface area contributed by atoms with Gasteiger partial charge in [0, 0.05) is 11.7 Å². The first-order valence-corrected chi connectivity index (χ1v) is 8.70. The van der Waals surface area contributed by atoms with Gasteiger partial charge in [-0.25, -0.2) is 0 Å². The summed E-state index contributed by atoms with van der Waals surface area (Å²) in [5.41, 5.74) is 2.38. The molecule has 0 fully saturated rings. The molecule has 25 heavy (non-hydrogen) atoms. The number of phenolic OH excluding ortho intramolecular Hbond substituents is 1. The van der Waals surface area contributed by atoms with E-state index in [0.29, 0.717) is 17.9 Å². The molecule has 1 aliphatic rings. The molecule has 2 atom stereocenters. The molecule has 1 aliphatic heterocycles. The summed E-state index contributed by atoms with van der Waals surface area (Å²) < 4.78 is 5.51. The van der Waals surface area contributed by atoms with Crippen LogP contribution in [0, 0.1) is 0 Å². The van der Waals surface area contributed by atoms with Gasteiger partial charge in [-0.15, -0.1) is 0 Å². The van der Waals surface area contributed by atoms with E-state index in [1.54, 1.807) is 12.1 Å². The van der Waals surface area contributed by atoms with Gasteiger partial charge in [0.1, 0.15) is 6.17 Å². The first-order chi connectivity index (χ1) is 12.1. The molecule has 0 spiro atoms. The Morgan fingerprint density at radius 1 is 1.24 bits per heavy atom. The lowest BCUT2D eigenvalue weighted by Crippen LogP contribution is -2.47. The predicted molar refractivity (Wildman–Crippen MR) is 98.0 cm³/mol. The fraction of sp³-hybridized carbons (Fsp3) is 0.350. The van der Waals surface area contributed by atoms with Crippen LogP contribution in [0.2, 0.25) is 0 Å². The van der Waals surface area contributed by atoms with Crippen LogP contribution >= 0.6 is 0 Å². The molecule has 0 saturated heterocycles. The van der Waals surface area contributed by atoms with E-state index in [0.717, 1.165) is 17.7 Å². The van der Waals surface area contributed by atoms with Crippen molar-refractivity contribution in [1.29, 1.82) is 0 Å². The van der Waals surface area contributed by atoms with Crippen LogP contribution in [0.5, 0.6) is 11.5 Å². The third-order valence-corrected chi connectivity index (χ3v) is 4.63. The van der Waals surface area contributed by atoms with E-state index in [-0.39, 0.29) is 23.9 Å². The molecule has 132 valence electrons. The molecule has 0 aromatic heterocycles. The summed E-state index contributed by atoms with van der Waals surface area (Å²) in [7, 11) is 0. The number of hydrogen-bond acceptors (Lipinski definition) is 4. The zero-order valence-electron chi connectivity index (χ0n) is 14.8. The van der Waals surface area contributed by atoms with Crippen molar-refractivity contribution < 1.29 is 14.6 Å². The second-order valence-corrected chi connectivity index (χ2v) is 6.22. The molecule has 3 rings (SSSR count). The van der Waals surface area contributed by atoms with E-state index in [1.165, 1.54) is 0 Å². The van der Waals surface area contributed by atoms with Crippen molar-refractivity contribution in [3.63, 3.8) is 0 Å². The number of nitrogens with zero attached hydrogens (tertiary/aromatic N) is 1. The lowest BCUT2D eigenvalue weighted by Gasteiger charge is -2.41. The third kappa shape index (κ3) is 3.14. The highest BCUT2D eigenvalue weighted by molar-refractivity contribution is 6.01. The highest BCUT2D eigenvalue weighted by atomic mass is 16.5. The van der Waals surface area contributed by atoms with Gasteiger partial charge in [-0.3, -0.25) is 4.79 Å². The van der Waals surface area contributed by atoms with Gasteiger partial charge in [0.05, 0.1) is 12.2 Å². The normalized spacial score (nSPS) is 17.6. The van der Waals surface area contributed by atoms with Gasteiger partial charge in [-0.05, 0) is 50.1 Å². The summed E-state index contributed by atoms with van der Waals surface area (Å²) in [6.45, 7) is 6.45. The molecule has 1 heterocycles. The molecule has 2 N–H and O–H groups in total. The Balaban J connectivity index is 2.06. The maximum Gasteiger partial charge on any atom is 0.258 e. The van der Waals surface area contributed by atoms with Gasteiger partial charge in [0.2, 0.25) is 0 Å². The molecule has 0 radical (unpaired) electrons. The summed E-state index contributed by atoms with van der Waals surface area (Å²) in [4.78, 5) is 14.9. The van der Waals surface area contributed by atoms with Crippen LogP contribution in [-0.4, -0.2) is 28.6 Å². The molecular formula is C20H24N2O3. The predicted octanol–water partition coefficient (Wildman–Crippen LogP) is 4.16. The van der Waals surface area contributed by atoms with Gasteiger partial charge in [0.25, 0.3) is 5.91 Å². The fourth-order valence-electron chi connectivity index (χ4n) is 3.14. The van der Waals surface area contributed by atoms with Gasteiger partial charge < -0.3 is 20.1 Å². The molecule has 0 aliphatic carbocycles. The largest absolute Gasteiger partial charge is 0.504 e. The summed E-state index contributed by atoms with van der Waals surface area (Å²) in [6, 6.07) is 12.9. The minimum Gasteiger partial charge on any atom is -0.504 e. The molecule has 1 amide bonds. The number of fused-ring (bicyclic) bond motifs is 1. The number of nitrogens with one attached hydrogen (secondary N) is 1. The third-order valence-electron chi connectivity index (χ3n) is 4.63. The summed E-state index contributed by atoms with van der Waals surface area (Å²) >= 11 is 0. The lowest BCUT2D eigenvalue weighted by atomic mass is 10.0. The maximum absolute atomic E-state index is 13.1. The van der Waals surface area contributed by atoms with Crippen molar-refractivity contribution >= 4 is 11.6 Å². The van der Waals surface area contributed by atoms with Crippen molar-refractivity contribution in [3.8, 4) is 11.5 Å². The summed E-state index contributed by atoms with van der Waals surface area (Å²) in [5, 5.41) is 13.4. The molecule has 2 aromatic rings. The highest BCUT2D eigenvalue weighted by Gasteiger charge is 2.35. The SMILES string of the molecule is CCOc1cc([C@@H]2Nc3ccccc3C(=O)N2[C@@H](C)CC)ccc1O. The van der Waals surface area contributed by atoms with Crippen molar-refractivity contribution in [2.75, 3.05) is 11.9 Å². The molecular weight excluding hydrogens is 316 g/mol. The number of rotatable bonds is 5. The first-order valence-electron chi connectivity index (χ1n) is 8.70. The van der Waals surface area contributed by atoms with E-state index in [9.17, 15) is 9.90 Å². The zero-order chi connectivity index (χ0) is 18.0. The standard InChI is InChI=1S/C20H24N2O3/c1-4-13(3)22-19(14-10-11-17(23)18(12-14)25-5-2)21-16-9-7-6-8-15(16)20(22)24/h6-13,19,21,23H,4-5H2,1-3H3/t13-,19+/m0/s1. The van der Waals surface area contributed by atoms with E-state index >= 15 is 0 Å². The van der Waals surface area contributed by atoms with Crippen molar-refractivity contribution in [2.45, 2.75) is 39.4 Å². The van der Waals surface area contributed by atoms with Crippen molar-refractivity contribution in [1.82, 2.24) is 4.90 Å². The van der Waals surface area contributed by atoms with Crippen molar-refractivity contribution in [3.05, 3.63) is 53.6 Å². The molecule has 0 saturated carbocycles. The average Bonchev–Trinajstić information content (AvgIpc) is 2.63. The molecule has 2 aromatic carbocycles. The van der Waals surface area contributed by atoms with Crippen LogP contribution in [0.25, 0.3) is 0 Å². The van der Waals surface area contributed by atoms with Gasteiger partial charge in [-0.1, -0.05) is 25.1 Å². The second kappa shape index (κ2) is 7.05. The maximum atomic E-state index is 13.1. The Hall–Kier alpha value is -2.69. The smallest absolute Gasteiger partial charge is 0.258 e. The Morgan fingerprint density at radius 3 is 2.72 bits per heavy atom. The van der Waals surface area contributed by atoms with Gasteiger partial charge >= 0.3 is 0 Å². The van der Waals surface area contributed by atoms with Crippen LogP contribution in [0.1, 0.15) is 49.3 Å². The topological polar surface area (TPSA) is 61.8 Å². The van der Waals surface area contributed by atoms with Crippen LogP contribution in [0.15, 0.2) is 42.5 Å². The van der Waals surface area contributed by atoms with Crippen LogP contribution < -0.4 is 10.1 Å². The zero-order valence-corrected chi connectivity index (χ0v) is 14.8. The Morgan fingerprint density at radius 2 is 2.00 bits per heavy atom. The van der Waals surface area contributed by atoms with Crippen molar-refractivity contribution in [2.24, 2.45) is 0 Å². The quantitative estimate of drug-likeness (QED) is 0.858. The Bertz CT molecular complexity index is 775. The van der Waals surface area contributed by atoms with Crippen LogP contribution in [0.4, 0.5) is 5.69 Å². The first kappa shape index (κ1) is 17.1. The molecule has 5 nitrogen and oxygen atoms in total. The number of phenols is 1. The summed E-state index contributed by atoms with van der Waals surface area (Å²) in [6.07, 6.45) is 0.542. The number of aromatic hydroxyl groups is 1. The fourth-order valence-corrected chi connectivity index (χ4v) is 3.14. The molecule has 5 heteroatoms. The lowest BCUT2D eigenvalue weighted by molar-refractivity contribution is 0.0593. The number of anilines is 1. The number of ether oxygens (including phenoxy) is 1. The summed E-state index contributed by atoms with van der Waals surface area (Å²) in [5.74, 6) is 0.542. The Labute approximate surface area is 148 Å². The van der Waals surface area contributed by atoms with E-state index < -0.39 is 0 Å². The number of hydrogen-bond donors (Lipinski definition) is 2. The molecule has 0 unspecified atom stereocenters. The number of carbonyl (C=O) groups excluding carboxylic acids is 1. The van der Waals surface area contributed by atoms with E-state index in [2.05, 4.69) is 12.2 Å². The second-order valence-electron chi connectivity index (χ2n) is 6.22. The molecule has 0 bridgehead atoms. The monoisotopic (exact) mass is 340 g/mol. The van der Waals surface area contributed by atoms with Gasteiger partial charge in [-0.2, -0.15) is 0 Å². The van der Waals surface area contributed by atoms with Gasteiger partial charge in [0.15, 0.2) is 11.5 Å². The van der Waals surface area contributed by atoms with E-state index in [4.69, 9.17) is 4.74 Å². The number of amides is 1. The van der Waals surface area contributed by atoms with Crippen LogP contribution in [0.3, 0.4) is 0 Å². The van der Waals surface area contributed by atoms with Crippen LogP contribution in [-0.2, 0) is 0 Å². The van der Waals surface area contributed by atoms with E-state index in [1.807, 2.05) is 49.1 Å².